The molecule has 0 unspecified atom stereocenters. The Labute approximate surface area is 213 Å². The second-order valence-corrected chi connectivity index (χ2v) is 9.86. The Morgan fingerprint density at radius 1 is 1.14 bits per heavy atom. The van der Waals surface area contributed by atoms with E-state index in [-0.39, 0.29) is 23.9 Å². The van der Waals surface area contributed by atoms with Crippen LogP contribution in [0, 0.1) is 11.7 Å². The molecule has 0 atom stereocenters. The van der Waals surface area contributed by atoms with Crippen LogP contribution in [-0.2, 0) is 11.3 Å². The van der Waals surface area contributed by atoms with Crippen molar-refractivity contribution in [1.29, 1.82) is 0 Å². The Morgan fingerprint density at radius 2 is 1.89 bits per heavy atom. The number of carbonyl (C=O) groups is 2. The average Bonchev–Trinajstić information content (AvgIpc) is 3.51. The van der Waals surface area contributed by atoms with Gasteiger partial charge in [-0.2, -0.15) is 10.1 Å². The van der Waals surface area contributed by atoms with Crippen LogP contribution in [0.3, 0.4) is 0 Å². The number of halogens is 1. The van der Waals surface area contributed by atoms with Gasteiger partial charge in [-0.3, -0.25) is 9.59 Å². The van der Waals surface area contributed by atoms with Crippen LogP contribution < -0.4 is 10.9 Å². The van der Waals surface area contributed by atoms with E-state index in [1.165, 1.54) is 30.6 Å². The summed E-state index contributed by atoms with van der Waals surface area (Å²) in [5.41, 5.74) is 3.57. The predicted molar refractivity (Wildman–Crippen MR) is 136 cm³/mol. The zero-order chi connectivity index (χ0) is 25.9. The van der Waals surface area contributed by atoms with Gasteiger partial charge in [0.05, 0.1) is 17.6 Å². The first-order valence-corrected chi connectivity index (χ1v) is 12.6. The molecule has 1 aliphatic carbocycles. The number of rotatable bonds is 6. The minimum Gasteiger partial charge on any atom is -0.354 e. The van der Waals surface area contributed by atoms with Gasteiger partial charge in [-0.15, -0.1) is 0 Å². The van der Waals surface area contributed by atoms with E-state index in [9.17, 15) is 14.0 Å². The van der Waals surface area contributed by atoms with Gasteiger partial charge >= 0.3 is 0 Å². The van der Waals surface area contributed by atoms with Crippen LogP contribution in [0.5, 0.6) is 0 Å². The SMILES string of the molecule is CC(C)NC(=O)C1CCC(n2/c(=N\C(=O)c3ccc(F)cc3)[nH]c3ccc(Cn4cncn4)cc32)CC1. The first-order chi connectivity index (χ1) is 17.9. The number of nitrogens with one attached hydrogen (secondary N) is 2. The van der Waals surface area contributed by atoms with E-state index in [1.807, 2.05) is 26.0 Å². The Bertz CT molecular complexity index is 1460. The Morgan fingerprint density at radius 3 is 2.57 bits per heavy atom. The lowest BCUT2D eigenvalue weighted by Gasteiger charge is -2.29. The number of imidazole rings is 1. The van der Waals surface area contributed by atoms with Crippen LogP contribution in [0.25, 0.3) is 11.0 Å². The predicted octanol–water partition coefficient (Wildman–Crippen LogP) is 3.75. The summed E-state index contributed by atoms with van der Waals surface area (Å²) in [4.78, 5) is 37.3. The van der Waals surface area contributed by atoms with E-state index < -0.39 is 11.7 Å². The minimum absolute atomic E-state index is 0.0198. The van der Waals surface area contributed by atoms with Crippen molar-refractivity contribution in [2.75, 3.05) is 0 Å². The van der Waals surface area contributed by atoms with Crippen LogP contribution in [0.4, 0.5) is 4.39 Å². The summed E-state index contributed by atoms with van der Waals surface area (Å²) in [5.74, 6) is -0.777. The van der Waals surface area contributed by atoms with Gasteiger partial charge in [-0.25, -0.2) is 14.1 Å². The molecule has 1 fully saturated rings. The minimum atomic E-state index is -0.451. The Kier molecular flexibility index (Phi) is 6.98. The van der Waals surface area contributed by atoms with Crippen LogP contribution >= 0.6 is 0 Å². The molecule has 37 heavy (non-hydrogen) atoms. The molecular weight excluding hydrogens is 473 g/mol. The van der Waals surface area contributed by atoms with Gasteiger partial charge in [0.1, 0.15) is 18.5 Å². The maximum Gasteiger partial charge on any atom is 0.280 e. The molecule has 0 spiro atoms. The molecule has 1 saturated carbocycles. The zero-order valence-electron chi connectivity index (χ0n) is 20.9. The number of H-pyrrole nitrogens is 1. The number of carbonyl (C=O) groups excluding carboxylic acids is 2. The normalized spacial score (nSPS) is 18.4. The number of hydrogen-bond acceptors (Lipinski definition) is 4. The molecule has 0 saturated heterocycles. The molecule has 2 heterocycles. The first-order valence-electron chi connectivity index (χ1n) is 12.6. The third kappa shape index (κ3) is 5.52. The monoisotopic (exact) mass is 503 g/mol. The number of amides is 2. The van der Waals surface area contributed by atoms with Crippen molar-refractivity contribution in [2.24, 2.45) is 10.9 Å². The molecule has 2 aromatic heterocycles. The molecule has 0 aliphatic heterocycles. The molecule has 4 aromatic rings. The molecule has 2 N–H and O–H groups in total. The summed E-state index contributed by atoms with van der Waals surface area (Å²) in [7, 11) is 0. The standard InChI is InChI=1S/C27H30FN7O2/c1-17(2)31-25(36)20-6-10-22(11-7-20)35-24-13-18(14-34-16-29-15-30-34)3-12-23(24)32-27(35)33-26(37)19-4-8-21(28)9-5-19/h3-5,8-9,12-13,15-17,20,22H,6-7,10-11,14H2,1-2H3,(H,31,36)(H,32,33,37). The fourth-order valence-electron chi connectivity index (χ4n) is 4.98. The van der Waals surface area contributed by atoms with Crippen LogP contribution in [0.1, 0.15) is 61.5 Å². The smallest absolute Gasteiger partial charge is 0.280 e. The van der Waals surface area contributed by atoms with Crippen molar-refractivity contribution in [3.63, 3.8) is 0 Å². The average molecular weight is 504 g/mol. The van der Waals surface area contributed by atoms with Gasteiger partial charge in [0, 0.05) is 23.6 Å². The second-order valence-electron chi connectivity index (χ2n) is 9.86. The van der Waals surface area contributed by atoms with Crippen LogP contribution in [-0.4, -0.2) is 42.2 Å². The van der Waals surface area contributed by atoms with E-state index in [1.54, 1.807) is 11.0 Å². The van der Waals surface area contributed by atoms with E-state index in [2.05, 4.69) is 36.0 Å². The van der Waals surface area contributed by atoms with Gasteiger partial charge in [0.25, 0.3) is 5.91 Å². The van der Waals surface area contributed by atoms with Crippen LogP contribution in [0.15, 0.2) is 60.1 Å². The lowest BCUT2D eigenvalue weighted by atomic mass is 9.85. The molecule has 0 radical (unpaired) electrons. The van der Waals surface area contributed by atoms with Crippen molar-refractivity contribution in [1.82, 2.24) is 29.6 Å². The molecule has 2 amide bonds. The molecular formula is C27H30FN7O2. The summed E-state index contributed by atoms with van der Waals surface area (Å²) >= 11 is 0. The molecule has 1 aliphatic rings. The maximum absolute atomic E-state index is 13.4. The lowest BCUT2D eigenvalue weighted by molar-refractivity contribution is -0.126. The summed E-state index contributed by atoms with van der Waals surface area (Å²) in [6, 6.07) is 11.6. The number of aromatic amines is 1. The highest BCUT2D eigenvalue weighted by Gasteiger charge is 2.29. The molecule has 192 valence electrons. The Hall–Kier alpha value is -4.08. The summed E-state index contributed by atoms with van der Waals surface area (Å²) in [6.07, 6.45) is 6.25. The first kappa shape index (κ1) is 24.6. The van der Waals surface area contributed by atoms with Crippen molar-refractivity contribution in [3.05, 3.63) is 77.7 Å². The molecule has 2 aromatic carbocycles. The van der Waals surface area contributed by atoms with Gasteiger partial charge in [-0.05, 0) is 81.5 Å². The summed E-state index contributed by atoms with van der Waals surface area (Å²) < 4.78 is 17.2. The topological polar surface area (TPSA) is 110 Å². The van der Waals surface area contributed by atoms with Gasteiger partial charge in [-0.1, -0.05) is 6.07 Å². The lowest BCUT2D eigenvalue weighted by Crippen LogP contribution is -2.38. The van der Waals surface area contributed by atoms with Gasteiger partial charge < -0.3 is 14.9 Å². The summed E-state index contributed by atoms with van der Waals surface area (Å²) in [5, 5.41) is 7.22. The number of benzene rings is 2. The molecule has 5 rings (SSSR count). The van der Waals surface area contributed by atoms with E-state index in [0.29, 0.717) is 17.7 Å². The van der Waals surface area contributed by atoms with Crippen LogP contribution in [0.2, 0.25) is 0 Å². The molecule has 9 nitrogen and oxygen atoms in total. The van der Waals surface area contributed by atoms with Gasteiger partial charge in [0.15, 0.2) is 0 Å². The van der Waals surface area contributed by atoms with E-state index in [0.717, 1.165) is 42.3 Å². The van der Waals surface area contributed by atoms with Crippen molar-refractivity contribution >= 4 is 22.8 Å². The van der Waals surface area contributed by atoms with Crippen molar-refractivity contribution in [3.8, 4) is 0 Å². The van der Waals surface area contributed by atoms with Gasteiger partial charge in [0.2, 0.25) is 11.5 Å². The highest BCUT2D eigenvalue weighted by atomic mass is 19.1. The number of aromatic nitrogens is 5. The van der Waals surface area contributed by atoms with Crippen molar-refractivity contribution < 1.29 is 14.0 Å². The Balaban J connectivity index is 1.51. The number of fused-ring (bicyclic) bond motifs is 1. The largest absolute Gasteiger partial charge is 0.354 e. The van der Waals surface area contributed by atoms with E-state index >= 15 is 0 Å². The number of nitrogens with zero attached hydrogens (tertiary/aromatic N) is 5. The fourth-order valence-corrected chi connectivity index (χ4v) is 4.98. The summed E-state index contributed by atoms with van der Waals surface area (Å²) in [6.45, 7) is 4.49. The maximum atomic E-state index is 13.4. The highest BCUT2D eigenvalue weighted by molar-refractivity contribution is 5.95. The zero-order valence-corrected chi connectivity index (χ0v) is 20.9. The highest BCUT2D eigenvalue weighted by Crippen LogP contribution is 2.33. The fraction of sp³-hybridized carbons (Fsp3) is 0.370. The molecule has 0 bridgehead atoms. The third-order valence-corrected chi connectivity index (χ3v) is 6.77. The van der Waals surface area contributed by atoms with Crippen molar-refractivity contribution in [2.45, 2.75) is 58.2 Å². The third-order valence-electron chi connectivity index (χ3n) is 6.77. The van der Waals surface area contributed by atoms with E-state index in [4.69, 9.17) is 0 Å². The molecule has 10 heteroatoms. The second kappa shape index (κ2) is 10.5. The number of hydrogen-bond donors (Lipinski definition) is 2. The quantitative estimate of drug-likeness (QED) is 0.418.